The summed E-state index contributed by atoms with van der Waals surface area (Å²) in [5.41, 5.74) is 4.71. The van der Waals surface area contributed by atoms with E-state index in [9.17, 15) is 9.90 Å². The zero-order valence-corrected chi connectivity index (χ0v) is 15.3. The molecule has 0 amide bonds. The first kappa shape index (κ1) is 17.9. The van der Waals surface area contributed by atoms with Crippen LogP contribution in [0.2, 0.25) is 0 Å². The summed E-state index contributed by atoms with van der Waals surface area (Å²) in [6.07, 6.45) is 1.18. The van der Waals surface area contributed by atoms with Gasteiger partial charge in [0.2, 0.25) is 0 Å². The molecule has 23 heavy (non-hydrogen) atoms. The average molecular weight is 314 g/mol. The lowest BCUT2D eigenvalue weighted by Crippen LogP contribution is -2.41. The SMILES string of the molecule is CC.CC1=C2c3ccccc3CC2(C(C)C)CC(C(C)O)C1=O. The lowest BCUT2D eigenvalue weighted by atomic mass is 9.60. The Balaban J connectivity index is 0.000000924. The summed E-state index contributed by atoms with van der Waals surface area (Å²) in [6.45, 7) is 12.2. The Morgan fingerprint density at radius 1 is 1.17 bits per heavy atom. The van der Waals surface area contributed by atoms with Crippen LogP contribution in [0.3, 0.4) is 0 Å². The first-order valence-corrected chi connectivity index (χ1v) is 8.90. The molecule has 2 nitrogen and oxygen atoms in total. The number of aliphatic hydroxyl groups excluding tert-OH is 1. The van der Waals surface area contributed by atoms with Gasteiger partial charge in [0.15, 0.2) is 5.78 Å². The molecule has 3 atom stereocenters. The van der Waals surface area contributed by atoms with Crippen molar-refractivity contribution in [1.82, 2.24) is 0 Å². The van der Waals surface area contributed by atoms with Crippen LogP contribution in [-0.4, -0.2) is 17.0 Å². The van der Waals surface area contributed by atoms with Crippen LogP contribution >= 0.6 is 0 Å². The largest absolute Gasteiger partial charge is 0.393 e. The predicted octanol–water partition coefficient (Wildman–Crippen LogP) is 4.65. The van der Waals surface area contributed by atoms with E-state index in [1.165, 1.54) is 16.7 Å². The molecule has 3 unspecified atom stereocenters. The van der Waals surface area contributed by atoms with E-state index in [0.717, 1.165) is 18.4 Å². The standard InChI is InChI=1S/C19H24O2.C2H6/c1-11(2)19-9-14-7-5-6-8-15(14)17(19)12(3)18(21)16(10-19)13(4)20;1-2/h5-8,11,13,16,20H,9-10H2,1-4H3;1-2H3. The normalized spacial score (nSPS) is 27.3. The monoisotopic (exact) mass is 314 g/mol. The molecular weight excluding hydrogens is 284 g/mol. The van der Waals surface area contributed by atoms with Gasteiger partial charge in [-0.25, -0.2) is 0 Å². The molecule has 0 saturated carbocycles. The number of ketones is 1. The van der Waals surface area contributed by atoms with Crippen LogP contribution in [0.1, 0.15) is 59.1 Å². The lowest BCUT2D eigenvalue weighted by molar-refractivity contribution is -0.124. The fourth-order valence-corrected chi connectivity index (χ4v) is 4.37. The number of aliphatic hydroxyl groups is 1. The van der Waals surface area contributed by atoms with E-state index in [-0.39, 0.29) is 17.1 Å². The molecule has 2 aliphatic rings. The molecule has 1 N–H and O–H groups in total. The Labute approximate surface area is 140 Å². The predicted molar refractivity (Wildman–Crippen MR) is 96.2 cm³/mol. The van der Waals surface area contributed by atoms with Crippen molar-refractivity contribution in [2.24, 2.45) is 17.3 Å². The molecule has 0 bridgehead atoms. The lowest BCUT2D eigenvalue weighted by Gasteiger charge is -2.43. The minimum Gasteiger partial charge on any atom is -0.393 e. The van der Waals surface area contributed by atoms with Gasteiger partial charge in [-0.15, -0.1) is 0 Å². The van der Waals surface area contributed by atoms with Crippen LogP contribution in [-0.2, 0) is 11.2 Å². The van der Waals surface area contributed by atoms with Crippen molar-refractivity contribution in [2.45, 2.75) is 60.5 Å². The first-order valence-electron chi connectivity index (χ1n) is 8.90. The van der Waals surface area contributed by atoms with Crippen molar-refractivity contribution in [3.05, 3.63) is 41.0 Å². The van der Waals surface area contributed by atoms with E-state index in [1.807, 2.05) is 20.8 Å². The molecule has 0 spiro atoms. The Kier molecular flexibility index (Phi) is 5.15. The van der Waals surface area contributed by atoms with Gasteiger partial charge in [-0.05, 0) is 54.9 Å². The first-order chi connectivity index (χ1) is 10.9. The van der Waals surface area contributed by atoms with Crippen molar-refractivity contribution in [1.29, 1.82) is 0 Å². The number of hydrogen-bond donors (Lipinski definition) is 1. The minimum atomic E-state index is -0.576. The van der Waals surface area contributed by atoms with Crippen LogP contribution in [0.4, 0.5) is 0 Å². The fourth-order valence-electron chi connectivity index (χ4n) is 4.37. The number of benzene rings is 1. The Morgan fingerprint density at radius 2 is 1.78 bits per heavy atom. The number of Topliss-reactive ketones (excluding diaryl/α,β-unsaturated/α-hetero) is 1. The number of carbonyl (C=O) groups excluding carboxylic acids is 1. The number of rotatable bonds is 2. The summed E-state index contributed by atoms with van der Waals surface area (Å²) >= 11 is 0. The molecule has 1 aromatic carbocycles. The Morgan fingerprint density at radius 3 is 2.35 bits per heavy atom. The van der Waals surface area contributed by atoms with Crippen LogP contribution < -0.4 is 0 Å². The van der Waals surface area contributed by atoms with Crippen molar-refractivity contribution >= 4 is 11.4 Å². The maximum absolute atomic E-state index is 12.7. The van der Waals surface area contributed by atoms with E-state index >= 15 is 0 Å². The van der Waals surface area contributed by atoms with E-state index < -0.39 is 6.10 Å². The maximum atomic E-state index is 12.7. The van der Waals surface area contributed by atoms with Crippen molar-refractivity contribution in [2.75, 3.05) is 0 Å². The number of fused-ring (bicyclic) bond motifs is 3. The number of hydrogen-bond acceptors (Lipinski definition) is 2. The molecule has 3 rings (SSSR count). The second-order valence-corrected chi connectivity index (χ2v) is 7.06. The summed E-state index contributed by atoms with van der Waals surface area (Å²) in [5.74, 6) is 0.322. The second-order valence-electron chi connectivity index (χ2n) is 7.06. The van der Waals surface area contributed by atoms with E-state index in [2.05, 4.69) is 38.1 Å². The number of carbonyl (C=O) groups is 1. The van der Waals surface area contributed by atoms with Gasteiger partial charge in [0.05, 0.1) is 6.10 Å². The molecule has 2 heteroatoms. The van der Waals surface area contributed by atoms with E-state index in [4.69, 9.17) is 0 Å². The van der Waals surface area contributed by atoms with Gasteiger partial charge in [-0.3, -0.25) is 4.79 Å². The van der Waals surface area contributed by atoms with Gasteiger partial charge >= 0.3 is 0 Å². The van der Waals surface area contributed by atoms with Crippen LogP contribution in [0.5, 0.6) is 0 Å². The maximum Gasteiger partial charge on any atom is 0.164 e. The van der Waals surface area contributed by atoms with Gasteiger partial charge < -0.3 is 5.11 Å². The summed E-state index contributed by atoms with van der Waals surface area (Å²) in [7, 11) is 0. The quantitative estimate of drug-likeness (QED) is 0.862. The molecular formula is C21H30O2. The highest BCUT2D eigenvalue weighted by Gasteiger charge is 2.51. The summed E-state index contributed by atoms with van der Waals surface area (Å²) in [5, 5.41) is 10.1. The van der Waals surface area contributed by atoms with Crippen molar-refractivity contribution in [3.8, 4) is 0 Å². The second kappa shape index (κ2) is 6.60. The summed E-state index contributed by atoms with van der Waals surface area (Å²) in [6, 6.07) is 8.46. The van der Waals surface area contributed by atoms with Crippen LogP contribution in [0.25, 0.3) is 5.57 Å². The van der Waals surface area contributed by atoms with Gasteiger partial charge in [-0.1, -0.05) is 52.0 Å². The molecule has 0 heterocycles. The Hall–Kier alpha value is -1.41. The smallest absolute Gasteiger partial charge is 0.164 e. The van der Waals surface area contributed by atoms with Crippen LogP contribution in [0.15, 0.2) is 29.8 Å². The third-order valence-corrected chi connectivity index (χ3v) is 5.64. The summed E-state index contributed by atoms with van der Waals surface area (Å²) < 4.78 is 0. The molecule has 0 aliphatic heterocycles. The average Bonchev–Trinajstić information content (AvgIpc) is 2.88. The van der Waals surface area contributed by atoms with E-state index in [0.29, 0.717) is 5.92 Å². The van der Waals surface area contributed by atoms with Gasteiger partial charge in [0.1, 0.15) is 0 Å². The van der Waals surface area contributed by atoms with Gasteiger partial charge in [0, 0.05) is 11.3 Å². The third kappa shape index (κ3) is 2.67. The van der Waals surface area contributed by atoms with Crippen LogP contribution in [0, 0.1) is 17.3 Å². The third-order valence-electron chi connectivity index (χ3n) is 5.64. The Bertz CT molecular complexity index is 624. The molecule has 0 radical (unpaired) electrons. The molecule has 2 aliphatic carbocycles. The van der Waals surface area contributed by atoms with Gasteiger partial charge in [0.25, 0.3) is 0 Å². The highest BCUT2D eigenvalue weighted by molar-refractivity contribution is 6.07. The highest BCUT2D eigenvalue weighted by atomic mass is 16.3. The topological polar surface area (TPSA) is 37.3 Å². The molecule has 126 valence electrons. The highest BCUT2D eigenvalue weighted by Crippen LogP contribution is 2.58. The number of allylic oxidation sites excluding steroid dienone is 2. The fraction of sp³-hybridized carbons (Fsp3) is 0.571. The summed E-state index contributed by atoms with van der Waals surface area (Å²) in [4.78, 5) is 12.7. The molecule has 1 aromatic rings. The molecule has 0 fully saturated rings. The van der Waals surface area contributed by atoms with Crippen molar-refractivity contribution < 1.29 is 9.90 Å². The van der Waals surface area contributed by atoms with Crippen molar-refractivity contribution in [3.63, 3.8) is 0 Å². The zero-order valence-electron chi connectivity index (χ0n) is 15.3. The molecule has 0 aromatic heterocycles. The van der Waals surface area contributed by atoms with Gasteiger partial charge in [-0.2, -0.15) is 0 Å². The van der Waals surface area contributed by atoms with E-state index in [1.54, 1.807) is 6.92 Å². The minimum absolute atomic E-state index is 0.00331. The zero-order chi connectivity index (χ0) is 17.4. The molecule has 0 saturated heterocycles.